The highest BCUT2D eigenvalue weighted by molar-refractivity contribution is 9.10. The Kier molecular flexibility index (Phi) is 3.80. The molecule has 2 aromatic rings. The first-order valence-electron chi connectivity index (χ1n) is 4.77. The lowest BCUT2D eigenvalue weighted by Gasteiger charge is -2.03. The zero-order valence-corrected chi connectivity index (χ0v) is 10.8. The van der Waals surface area contributed by atoms with E-state index in [0.717, 1.165) is 15.7 Å². The zero-order valence-electron chi connectivity index (χ0n) is 8.39. The molecule has 0 aromatic heterocycles. The molecule has 0 fully saturated rings. The van der Waals surface area contributed by atoms with Crippen LogP contribution in [-0.4, -0.2) is 6.29 Å². The first-order chi connectivity index (χ1) is 7.79. The van der Waals surface area contributed by atoms with Gasteiger partial charge in [0.25, 0.3) is 0 Å². The maximum Gasteiger partial charge on any atom is 0.151 e. The molecule has 0 aliphatic rings. The van der Waals surface area contributed by atoms with E-state index < -0.39 is 0 Å². The van der Waals surface area contributed by atoms with Gasteiger partial charge in [0, 0.05) is 19.8 Å². The van der Waals surface area contributed by atoms with Crippen LogP contribution in [0.1, 0.15) is 10.4 Å². The van der Waals surface area contributed by atoms with Crippen molar-refractivity contribution in [3.63, 3.8) is 0 Å². The van der Waals surface area contributed by atoms with Crippen molar-refractivity contribution in [1.82, 2.24) is 0 Å². The van der Waals surface area contributed by atoms with Crippen molar-refractivity contribution >= 4 is 34.0 Å². The average Bonchev–Trinajstić information content (AvgIpc) is 2.31. The topological polar surface area (TPSA) is 17.1 Å². The Hall–Kier alpha value is -1.06. The molecule has 0 saturated carbocycles. The summed E-state index contributed by atoms with van der Waals surface area (Å²) in [7, 11) is 0. The van der Waals surface area contributed by atoms with E-state index in [1.165, 1.54) is 4.90 Å². The number of benzene rings is 2. The molecular weight excluding hydrogens is 284 g/mol. The fourth-order valence-corrected chi connectivity index (χ4v) is 2.79. The Morgan fingerprint density at radius 1 is 1.00 bits per heavy atom. The lowest BCUT2D eigenvalue weighted by atomic mass is 10.2. The van der Waals surface area contributed by atoms with Gasteiger partial charge in [-0.05, 0) is 30.3 Å². The van der Waals surface area contributed by atoms with E-state index in [-0.39, 0.29) is 0 Å². The number of aldehydes is 1. The molecule has 0 bridgehead atoms. The van der Waals surface area contributed by atoms with Crippen molar-refractivity contribution in [1.29, 1.82) is 0 Å². The SMILES string of the molecule is O=Cc1ccc(Sc2ccccc2)cc1Br. The van der Waals surface area contributed by atoms with Crippen molar-refractivity contribution in [2.75, 3.05) is 0 Å². The summed E-state index contributed by atoms with van der Waals surface area (Å²) in [4.78, 5) is 13.0. The number of carbonyl (C=O) groups is 1. The van der Waals surface area contributed by atoms with Crippen LogP contribution in [0, 0.1) is 0 Å². The van der Waals surface area contributed by atoms with E-state index in [1.54, 1.807) is 11.8 Å². The minimum Gasteiger partial charge on any atom is -0.298 e. The Morgan fingerprint density at radius 2 is 1.75 bits per heavy atom. The van der Waals surface area contributed by atoms with Gasteiger partial charge in [0.2, 0.25) is 0 Å². The van der Waals surface area contributed by atoms with Crippen LogP contribution in [0.15, 0.2) is 62.8 Å². The largest absolute Gasteiger partial charge is 0.298 e. The Labute approximate surface area is 107 Å². The third kappa shape index (κ3) is 2.74. The third-order valence-electron chi connectivity index (χ3n) is 2.08. The summed E-state index contributed by atoms with van der Waals surface area (Å²) in [6.07, 6.45) is 0.848. The maximum atomic E-state index is 10.7. The predicted molar refractivity (Wildman–Crippen MR) is 70.1 cm³/mol. The van der Waals surface area contributed by atoms with E-state index in [1.807, 2.05) is 36.4 Å². The van der Waals surface area contributed by atoms with Crippen molar-refractivity contribution in [2.24, 2.45) is 0 Å². The van der Waals surface area contributed by atoms with Gasteiger partial charge in [0.15, 0.2) is 6.29 Å². The number of hydrogen-bond donors (Lipinski definition) is 0. The molecule has 2 rings (SSSR count). The molecule has 0 saturated heterocycles. The molecule has 0 radical (unpaired) electrons. The van der Waals surface area contributed by atoms with E-state index in [4.69, 9.17) is 0 Å². The summed E-state index contributed by atoms with van der Waals surface area (Å²) in [6.45, 7) is 0. The molecule has 0 aliphatic heterocycles. The highest BCUT2D eigenvalue weighted by Crippen LogP contribution is 2.30. The molecule has 0 atom stereocenters. The van der Waals surface area contributed by atoms with Gasteiger partial charge in [0.05, 0.1) is 0 Å². The molecule has 3 heteroatoms. The Morgan fingerprint density at radius 3 is 2.38 bits per heavy atom. The second-order valence-electron chi connectivity index (χ2n) is 3.22. The fraction of sp³-hybridized carbons (Fsp3) is 0. The fourth-order valence-electron chi connectivity index (χ4n) is 1.29. The monoisotopic (exact) mass is 292 g/mol. The molecule has 0 amide bonds. The Bertz CT molecular complexity index is 497. The molecule has 0 unspecified atom stereocenters. The van der Waals surface area contributed by atoms with Crippen LogP contribution in [-0.2, 0) is 0 Å². The van der Waals surface area contributed by atoms with Crippen molar-refractivity contribution < 1.29 is 4.79 Å². The van der Waals surface area contributed by atoms with Crippen LogP contribution in [0.5, 0.6) is 0 Å². The summed E-state index contributed by atoms with van der Waals surface area (Å²) in [6, 6.07) is 15.9. The number of rotatable bonds is 3. The van der Waals surface area contributed by atoms with Gasteiger partial charge in [-0.15, -0.1) is 0 Å². The molecule has 0 spiro atoms. The smallest absolute Gasteiger partial charge is 0.151 e. The summed E-state index contributed by atoms with van der Waals surface area (Å²) < 4.78 is 0.837. The zero-order chi connectivity index (χ0) is 11.4. The number of halogens is 1. The van der Waals surface area contributed by atoms with Gasteiger partial charge in [-0.3, -0.25) is 4.79 Å². The van der Waals surface area contributed by atoms with Crippen LogP contribution in [0.2, 0.25) is 0 Å². The molecular formula is C13H9BrOS. The highest BCUT2D eigenvalue weighted by Gasteiger charge is 2.01. The van der Waals surface area contributed by atoms with Crippen LogP contribution in [0.25, 0.3) is 0 Å². The van der Waals surface area contributed by atoms with E-state index >= 15 is 0 Å². The molecule has 0 N–H and O–H groups in total. The summed E-state index contributed by atoms with van der Waals surface area (Å²) in [5.74, 6) is 0. The number of carbonyl (C=O) groups excluding carboxylic acids is 1. The van der Waals surface area contributed by atoms with Gasteiger partial charge in [0.1, 0.15) is 0 Å². The third-order valence-corrected chi connectivity index (χ3v) is 3.76. The second kappa shape index (κ2) is 5.32. The summed E-state index contributed by atoms with van der Waals surface area (Å²) in [5, 5.41) is 0. The molecule has 2 aromatic carbocycles. The standard InChI is InChI=1S/C13H9BrOS/c14-13-8-12(7-6-10(13)9-15)16-11-4-2-1-3-5-11/h1-9H. The normalized spacial score (nSPS) is 10.1. The van der Waals surface area contributed by atoms with Crippen LogP contribution >= 0.6 is 27.7 Å². The quantitative estimate of drug-likeness (QED) is 0.780. The minimum atomic E-state index is 0.678. The molecule has 1 nitrogen and oxygen atoms in total. The summed E-state index contributed by atoms with van der Waals surface area (Å²) in [5.41, 5.74) is 0.678. The van der Waals surface area contributed by atoms with Crippen molar-refractivity contribution in [3.05, 3.63) is 58.6 Å². The predicted octanol–water partition coefficient (Wildman–Crippen LogP) is 4.41. The van der Waals surface area contributed by atoms with Crippen molar-refractivity contribution in [2.45, 2.75) is 9.79 Å². The Balaban J connectivity index is 2.23. The molecule has 80 valence electrons. The van der Waals surface area contributed by atoms with E-state index in [2.05, 4.69) is 28.1 Å². The van der Waals surface area contributed by atoms with E-state index in [0.29, 0.717) is 5.56 Å². The molecule has 0 heterocycles. The highest BCUT2D eigenvalue weighted by atomic mass is 79.9. The minimum absolute atomic E-state index is 0.678. The molecule has 0 aliphatic carbocycles. The van der Waals surface area contributed by atoms with Crippen LogP contribution in [0.4, 0.5) is 0 Å². The molecule has 16 heavy (non-hydrogen) atoms. The van der Waals surface area contributed by atoms with Gasteiger partial charge >= 0.3 is 0 Å². The number of hydrogen-bond acceptors (Lipinski definition) is 2. The van der Waals surface area contributed by atoms with Gasteiger partial charge in [-0.2, -0.15) is 0 Å². The summed E-state index contributed by atoms with van der Waals surface area (Å²) >= 11 is 5.05. The lowest BCUT2D eigenvalue weighted by molar-refractivity contribution is 0.112. The van der Waals surface area contributed by atoms with Gasteiger partial charge < -0.3 is 0 Å². The maximum absolute atomic E-state index is 10.7. The first kappa shape index (κ1) is 11.4. The van der Waals surface area contributed by atoms with E-state index in [9.17, 15) is 4.79 Å². The first-order valence-corrected chi connectivity index (χ1v) is 6.38. The average molecular weight is 293 g/mol. The lowest BCUT2D eigenvalue weighted by Crippen LogP contribution is -1.82. The van der Waals surface area contributed by atoms with Gasteiger partial charge in [-0.25, -0.2) is 0 Å². The van der Waals surface area contributed by atoms with Crippen LogP contribution in [0.3, 0.4) is 0 Å². The second-order valence-corrected chi connectivity index (χ2v) is 5.22. The van der Waals surface area contributed by atoms with Crippen molar-refractivity contribution in [3.8, 4) is 0 Å². The van der Waals surface area contributed by atoms with Gasteiger partial charge in [-0.1, -0.05) is 45.9 Å². The van der Waals surface area contributed by atoms with Crippen LogP contribution < -0.4 is 0 Å².